The maximum atomic E-state index is 11.3. The Kier molecular flexibility index (Phi) is 3.52. The van der Waals surface area contributed by atoms with Crippen molar-refractivity contribution >= 4 is 40.8 Å². The molecule has 0 aliphatic carbocycles. The molecule has 0 radical (unpaired) electrons. The number of hydrogen-bond acceptors (Lipinski definition) is 3. The van der Waals surface area contributed by atoms with E-state index in [-0.39, 0.29) is 10.1 Å². The molecule has 0 bridgehead atoms. The molecular weight excluding hydrogens is 286 g/mol. The largest absolute Gasteiger partial charge is 0.496 e. The molecule has 0 N–H and O–H groups in total. The normalized spacial score (nSPS) is 19.5. The van der Waals surface area contributed by atoms with Crippen molar-refractivity contribution in [1.82, 2.24) is 0 Å². The lowest BCUT2D eigenvalue weighted by Gasteiger charge is -2.14. The first kappa shape index (κ1) is 12.6. The second-order valence-corrected chi connectivity index (χ2v) is 4.56. The van der Waals surface area contributed by atoms with Crippen LogP contribution in [0.3, 0.4) is 0 Å². The van der Waals surface area contributed by atoms with E-state index in [9.17, 15) is 4.79 Å². The van der Waals surface area contributed by atoms with Gasteiger partial charge in [-0.25, -0.2) is 4.79 Å². The molecule has 0 spiro atoms. The molecule has 3 nitrogen and oxygen atoms in total. The van der Waals surface area contributed by atoms with Gasteiger partial charge in [0.2, 0.25) is 0 Å². The third kappa shape index (κ3) is 2.23. The van der Waals surface area contributed by atoms with Crippen LogP contribution in [-0.4, -0.2) is 13.1 Å². The lowest BCUT2D eigenvalue weighted by atomic mass is 10.1. The monoisotopic (exact) mass is 292 g/mol. The molecule has 0 aromatic heterocycles. The van der Waals surface area contributed by atoms with Crippen LogP contribution in [0.1, 0.15) is 11.7 Å². The van der Waals surface area contributed by atoms with Gasteiger partial charge < -0.3 is 9.47 Å². The number of hydrogen-bond donors (Lipinski definition) is 0. The Hall–Kier alpha value is -0.900. The van der Waals surface area contributed by atoms with Crippen molar-refractivity contribution in [1.29, 1.82) is 0 Å². The topological polar surface area (TPSA) is 35.5 Å². The van der Waals surface area contributed by atoms with Gasteiger partial charge in [0, 0.05) is 10.6 Å². The minimum Gasteiger partial charge on any atom is -0.496 e. The lowest BCUT2D eigenvalue weighted by molar-refractivity contribution is -0.139. The number of rotatable bonds is 2. The Morgan fingerprint density at radius 2 is 2.00 bits per heavy atom. The predicted octanol–water partition coefficient (Wildman–Crippen LogP) is 3.64. The highest BCUT2D eigenvalue weighted by Gasteiger charge is 2.35. The van der Waals surface area contributed by atoms with Gasteiger partial charge in [-0.2, -0.15) is 0 Å². The average molecular weight is 294 g/mol. The number of cyclic esters (lactones) is 1. The predicted molar refractivity (Wildman–Crippen MR) is 65.6 cm³/mol. The summed E-state index contributed by atoms with van der Waals surface area (Å²) in [5.41, 5.74) is 0.564. The summed E-state index contributed by atoms with van der Waals surface area (Å²) in [4.78, 5) is 11.3. The first-order valence-electron chi connectivity index (χ1n) is 4.64. The van der Waals surface area contributed by atoms with Crippen LogP contribution in [-0.2, 0) is 9.53 Å². The van der Waals surface area contributed by atoms with Crippen molar-refractivity contribution < 1.29 is 14.3 Å². The van der Waals surface area contributed by atoms with Gasteiger partial charge in [-0.15, -0.1) is 0 Å². The highest BCUT2D eigenvalue weighted by Crippen LogP contribution is 2.43. The average Bonchev–Trinajstić information content (AvgIpc) is 2.57. The van der Waals surface area contributed by atoms with E-state index < -0.39 is 12.1 Å². The fraction of sp³-hybridized carbons (Fsp3) is 0.182. The van der Waals surface area contributed by atoms with Crippen LogP contribution >= 0.6 is 34.8 Å². The van der Waals surface area contributed by atoms with Gasteiger partial charge in [0.15, 0.2) is 6.10 Å². The Labute approximate surface area is 113 Å². The van der Waals surface area contributed by atoms with Crippen molar-refractivity contribution in [3.05, 3.63) is 38.8 Å². The highest BCUT2D eigenvalue weighted by atomic mass is 35.5. The molecule has 1 aromatic carbocycles. The summed E-state index contributed by atoms with van der Waals surface area (Å²) in [7, 11) is 1.50. The molecule has 1 aliphatic heterocycles. The van der Waals surface area contributed by atoms with Crippen LogP contribution < -0.4 is 4.74 Å². The van der Waals surface area contributed by atoms with Crippen LogP contribution in [0, 0.1) is 0 Å². The van der Waals surface area contributed by atoms with Crippen LogP contribution in [0.25, 0.3) is 0 Å². The molecule has 6 heteroatoms. The number of carbonyl (C=O) groups is 1. The first-order valence-corrected chi connectivity index (χ1v) is 5.77. The summed E-state index contributed by atoms with van der Waals surface area (Å²) in [5, 5.41) is 0.514. The van der Waals surface area contributed by atoms with E-state index in [1.807, 2.05) is 0 Å². The van der Waals surface area contributed by atoms with E-state index >= 15 is 0 Å². The molecule has 1 aromatic rings. The number of esters is 1. The summed E-state index contributed by atoms with van der Waals surface area (Å²) in [6.45, 7) is 0. The molecule has 0 fully saturated rings. The van der Waals surface area contributed by atoms with E-state index in [1.165, 1.54) is 7.11 Å². The lowest BCUT2D eigenvalue weighted by Crippen LogP contribution is -2.04. The van der Waals surface area contributed by atoms with E-state index in [2.05, 4.69) is 0 Å². The minimum absolute atomic E-state index is 0.112. The summed E-state index contributed by atoms with van der Waals surface area (Å²) < 4.78 is 10.2. The molecule has 17 heavy (non-hydrogen) atoms. The van der Waals surface area contributed by atoms with E-state index in [0.717, 1.165) is 0 Å². The Balaban J connectivity index is 2.48. The van der Waals surface area contributed by atoms with Crippen molar-refractivity contribution in [2.75, 3.05) is 7.11 Å². The molecule has 0 saturated carbocycles. The maximum Gasteiger partial charge on any atom is 0.352 e. The summed E-state index contributed by atoms with van der Waals surface area (Å²) in [5.74, 6) is -0.125. The first-order chi connectivity index (χ1) is 8.04. The van der Waals surface area contributed by atoms with Gasteiger partial charge in [0.05, 0.1) is 12.1 Å². The van der Waals surface area contributed by atoms with Gasteiger partial charge in [0.1, 0.15) is 10.8 Å². The van der Waals surface area contributed by atoms with Crippen molar-refractivity contribution in [3.8, 4) is 5.75 Å². The molecule has 0 saturated heterocycles. The Bertz CT molecular complexity index is 511. The second-order valence-electron chi connectivity index (χ2n) is 3.33. The summed E-state index contributed by atoms with van der Waals surface area (Å²) >= 11 is 17.5. The van der Waals surface area contributed by atoms with Crippen molar-refractivity contribution in [3.63, 3.8) is 0 Å². The Morgan fingerprint density at radius 3 is 2.53 bits per heavy atom. The standard InChI is InChI=1S/C11H7Cl3O3/c1-16-7-3-2-5(12)4-6(7)10-8(13)9(14)11(15)17-10/h2-4,10H,1H3. The highest BCUT2D eigenvalue weighted by molar-refractivity contribution is 6.48. The zero-order chi connectivity index (χ0) is 12.6. The van der Waals surface area contributed by atoms with Gasteiger partial charge in [-0.3, -0.25) is 0 Å². The Morgan fingerprint density at radius 1 is 1.29 bits per heavy atom. The number of methoxy groups -OCH3 is 1. The van der Waals surface area contributed by atoms with Gasteiger partial charge in [-0.05, 0) is 18.2 Å². The summed E-state index contributed by atoms with van der Waals surface area (Å²) in [6, 6.07) is 4.96. The van der Waals surface area contributed by atoms with Crippen LogP contribution in [0.4, 0.5) is 0 Å². The molecule has 1 unspecified atom stereocenters. The summed E-state index contributed by atoms with van der Waals surface area (Å²) in [6.07, 6.45) is -0.759. The van der Waals surface area contributed by atoms with Gasteiger partial charge in [0.25, 0.3) is 0 Å². The van der Waals surface area contributed by atoms with Crippen LogP contribution in [0.2, 0.25) is 5.02 Å². The van der Waals surface area contributed by atoms with E-state index in [4.69, 9.17) is 44.3 Å². The number of carbonyl (C=O) groups excluding carboxylic acids is 1. The molecule has 1 aliphatic rings. The second kappa shape index (κ2) is 4.77. The minimum atomic E-state index is -0.759. The molecule has 1 atom stereocenters. The quantitative estimate of drug-likeness (QED) is 0.781. The van der Waals surface area contributed by atoms with Crippen LogP contribution in [0.15, 0.2) is 28.3 Å². The maximum absolute atomic E-state index is 11.3. The molecule has 90 valence electrons. The molecule has 2 rings (SSSR count). The van der Waals surface area contributed by atoms with Gasteiger partial charge in [-0.1, -0.05) is 34.8 Å². The zero-order valence-corrected chi connectivity index (χ0v) is 10.9. The third-order valence-electron chi connectivity index (χ3n) is 2.32. The number of benzene rings is 1. The number of ether oxygens (including phenoxy) is 2. The molecular formula is C11H7Cl3O3. The van der Waals surface area contributed by atoms with E-state index in [0.29, 0.717) is 16.3 Å². The third-order valence-corrected chi connectivity index (χ3v) is 3.40. The molecule has 0 amide bonds. The number of halogens is 3. The van der Waals surface area contributed by atoms with Crippen molar-refractivity contribution in [2.45, 2.75) is 6.10 Å². The van der Waals surface area contributed by atoms with Gasteiger partial charge >= 0.3 is 5.97 Å². The zero-order valence-electron chi connectivity index (χ0n) is 8.67. The molecule has 1 heterocycles. The smallest absolute Gasteiger partial charge is 0.352 e. The van der Waals surface area contributed by atoms with Crippen molar-refractivity contribution in [2.24, 2.45) is 0 Å². The fourth-order valence-electron chi connectivity index (χ4n) is 1.53. The fourth-order valence-corrected chi connectivity index (χ4v) is 2.10. The van der Waals surface area contributed by atoms with Crippen LogP contribution in [0.5, 0.6) is 5.75 Å². The SMILES string of the molecule is COc1ccc(Cl)cc1C1OC(=O)C(Cl)=C1Cl. The van der Waals surface area contributed by atoms with E-state index in [1.54, 1.807) is 18.2 Å².